The van der Waals surface area contributed by atoms with Crippen LogP contribution in [0.4, 0.5) is 5.69 Å². The molecule has 2 aromatic rings. The summed E-state index contributed by atoms with van der Waals surface area (Å²) in [6.07, 6.45) is 4.51. The highest BCUT2D eigenvalue weighted by molar-refractivity contribution is 9.10. The highest BCUT2D eigenvalue weighted by atomic mass is 79.9. The average molecular weight is 306 g/mol. The molecule has 0 fully saturated rings. The summed E-state index contributed by atoms with van der Waals surface area (Å²) in [6, 6.07) is 8.32. The maximum Gasteiger partial charge on any atom is 0.0415 e. The molecule has 1 aromatic heterocycles. The zero-order valence-electron chi connectivity index (χ0n) is 9.24. The third kappa shape index (κ3) is 2.05. The Morgan fingerprint density at radius 1 is 1.24 bits per heavy atom. The first-order valence-corrected chi connectivity index (χ1v) is 7.23. The number of rotatable bonds is 1. The number of hydrogen-bond donors (Lipinski definition) is 1. The van der Waals surface area contributed by atoms with Crippen LogP contribution in [-0.2, 0) is 6.42 Å². The van der Waals surface area contributed by atoms with Crippen molar-refractivity contribution in [2.45, 2.75) is 12.8 Å². The molecule has 0 atom stereocenters. The molecule has 0 saturated heterocycles. The van der Waals surface area contributed by atoms with E-state index in [2.05, 4.69) is 45.6 Å². The normalized spacial score (nSPS) is 16.4. The monoisotopic (exact) mass is 305 g/mol. The molecule has 0 spiro atoms. The zero-order valence-corrected chi connectivity index (χ0v) is 11.6. The molecule has 0 bridgehead atoms. The Kier molecular flexibility index (Phi) is 2.81. The van der Waals surface area contributed by atoms with E-state index >= 15 is 0 Å². The van der Waals surface area contributed by atoms with E-state index < -0.39 is 0 Å². The topological polar surface area (TPSA) is 26.0 Å². The molecule has 17 heavy (non-hydrogen) atoms. The number of allylic oxidation sites excluding steroid dienone is 1. The predicted octanol–water partition coefficient (Wildman–Crippen LogP) is 4.58. The van der Waals surface area contributed by atoms with Gasteiger partial charge in [0.15, 0.2) is 0 Å². The van der Waals surface area contributed by atoms with Gasteiger partial charge in [-0.15, -0.1) is 11.3 Å². The van der Waals surface area contributed by atoms with Gasteiger partial charge in [0.1, 0.15) is 0 Å². The zero-order chi connectivity index (χ0) is 11.8. The number of hydrogen-bond acceptors (Lipinski definition) is 2. The van der Waals surface area contributed by atoms with Crippen molar-refractivity contribution in [1.82, 2.24) is 0 Å². The summed E-state index contributed by atoms with van der Waals surface area (Å²) in [5.74, 6) is 0. The summed E-state index contributed by atoms with van der Waals surface area (Å²) in [4.78, 5) is 1.30. The van der Waals surface area contributed by atoms with Gasteiger partial charge in [0.25, 0.3) is 0 Å². The molecule has 86 valence electrons. The van der Waals surface area contributed by atoms with Crippen LogP contribution < -0.4 is 5.73 Å². The molecule has 3 heteroatoms. The number of nitrogens with two attached hydrogens (primary N) is 1. The molecule has 1 aromatic carbocycles. The maximum absolute atomic E-state index is 5.81. The van der Waals surface area contributed by atoms with E-state index in [1.807, 2.05) is 6.07 Å². The summed E-state index contributed by atoms with van der Waals surface area (Å²) in [5.41, 5.74) is 10.8. The van der Waals surface area contributed by atoms with Crippen LogP contribution in [-0.4, -0.2) is 0 Å². The van der Waals surface area contributed by atoms with Crippen LogP contribution in [0, 0.1) is 0 Å². The van der Waals surface area contributed by atoms with Crippen molar-refractivity contribution in [1.29, 1.82) is 0 Å². The fourth-order valence-corrected chi connectivity index (χ4v) is 3.70. The molecule has 0 aliphatic heterocycles. The Bertz CT molecular complexity index is 598. The van der Waals surface area contributed by atoms with E-state index in [4.69, 9.17) is 5.73 Å². The third-order valence-electron chi connectivity index (χ3n) is 3.09. The second kappa shape index (κ2) is 4.31. The highest BCUT2D eigenvalue weighted by Crippen LogP contribution is 2.36. The smallest absolute Gasteiger partial charge is 0.0415 e. The molecule has 0 radical (unpaired) electrons. The molecule has 1 heterocycles. The Hall–Kier alpha value is -1.06. The first kappa shape index (κ1) is 11.1. The molecule has 1 aliphatic carbocycles. The fraction of sp³-hybridized carbons (Fsp3) is 0.143. The minimum Gasteiger partial charge on any atom is -0.399 e. The van der Waals surface area contributed by atoms with Crippen LogP contribution in [0.1, 0.15) is 22.4 Å². The second-order valence-electron chi connectivity index (χ2n) is 4.22. The number of anilines is 1. The van der Waals surface area contributed by atoms with Crippen molar-refractivity contribution >= 4 is 44.6 Å². The summed E-state index contributed by atoms with van der Waals surface area (Å²) in [6.45, 7) is 0. The van der Waals surface area contributed by atoms with Gasteiger partial charge < -0.3 is 5.73 Å². The van der Waals surface area contributed by atoms with E-state index in [1.54, 1.807) is 11.3 Å². The van der Waals surface area contributed by atoms with Gasteiger partial charge in [-0.25, -0.2) is 0 Å². The lowest BCUT2D eigenvalue weighted by Crippen LogP contribution is -1.87. The lowest BCUT2D eigenvalue weighted by Gasteiger charge is -2.02. The number of thiophene rings is 1. The minimum absolute atomic E-state index is 0.863. The van der Waals surface area contributed by atoms with Gasteiger partial charge in [-0.05, 0) is 75.1 Å². The molecule has 2 N–H and O–H groups in total. The molecule has 1 nitrogen and oxygen atoms in total. The summed E-state index contributed by atoms with van der Waals surface area (Å²) < 4.78 is 1.18. The van der Waals surface area contributed by atoms with Gasteiger partial charge >= 0.3 is 0 Å². The molecule has 3 rings (SSSR count). The number of halogens is 1. The quantitative estimate of drug-likeness (QED) is 0.767. The van der Waals surface area contributed by atoms with E-state index in [-0.39, 0.29) is 0 Å². The van der Waals surface area contributed by atoms with E-state index in [0.29, 0.717) is 0 Å². The lowest BCUT2D eigenvalue weighted by molar-refractivity contribution is 1.08. The summed E-state index contributed by atoms with van der Waals surface area (Å²) in [7, 11) is 0. The molecular formula is C14H12BrNS. The summed E-state index contributed by atoms with van der Waals surface area (Å²) in [5, 5.41) is 2.11. The lowest BCUT2D eigenvalue weighted by atomic mass is 10.1. The standard InChI is InChI=1S/C14H12BrNS/c15-13-5-6-17-14(13)8-10-2-1-9-7-11(16)3-4-12(9)10/h3-8H,1-2,16H2. The van der Waals surface area contributed by atoms with Crippen LogP contribution in [0.25, 0.3) is 11.6 Å². The molecule has 1 aliphatic rings. The fourth-order valence-electron chi connectivity index (χ4n) is 2.25. The van der Waals surface area contributed by atoms with Gasteiger partial charge in [-0.1, -0.05) is 6.07 Å². The van der Waals surface area contributed by atoms with Crippen LogP contribution in [0.2, 0.25) is 0 Å². The van der Waals surface area contributed by atoms with Gasteiger partial charge in [0.05, 0.1) is 0 Å². The Morgan fingerprint density at radius 2 is 2.12 bits per heavy atom. The largest absolute Gasteiger partial charge is 0.399 e. The van der Waals surface area contributed by atoms with E-state index in [1.165, 1.54) is 26.0 Å². The molecule has 0 amide bonds. The SMILES string of the molecule is Nc1ccc2c(c1)CCC2=Cc1sccc1Br. The number of benzene rings is 1. The maximum atomic E-state index is 5.81. The first-order chi connectivity index (χ1) is 8.24. The Labute approximate surface area is 113 Å². The molecular weight excluding hydrogens is 294 g/mol. The van der Waals surface area contributed by atoms with Crippen molar-refractivity contribution in [2.75, 3.05) is 5.73 Å². The Balaban J connectivity index is 2.04. The molecule has 0 unspecified atom stereocenters. The van der Waals surface area contributed by atoms with Crippen LogP contribution >= 0.6 is 27.3 Å². The van der Waals surface area contributed by atoms with Crippen LogP contribution in [0.15, 0.2) is 34.1 Å². The number of nitrogen functional groups attached to an aromatic ring is 1. The van der Waals surface area contributed by atoms with Crippen LogP contribution in [0.5, 0.6) is 0 Å². The molecule has 0 saturated carbocycles. The average Bonchev–Trinajstić information content (AvgIpc) is 2.87. The van der Waals surface area contributed by atoms with Gasteiger partial charge in [0.2, 0.25) is 0 Å². The van der Waals surface area contributed by atoms with Crippen molar-refractivity contribution in [3.05, 3.63) is 50.1 Å². The van der Waals surface area contributed by atoms with E-state index in [9.17, 15) is 0 Å². The van der Waals surface area contributed by atoms with E-state index in [0.717, 1.165) is 18.5 Å². The first-order valence-electron chi connectivity index (χ1n) is 5.56. The predicted molar refractivity (Wildman–Crippen MR) is 79.1 cm³/mol. The number of aryl methyl sites for hydroxylation is 1. The summed E-state index contributed by atoms with van der Waals surface area (Å²) >= 11 is 5.34. The van der Waals surface area contributed by atoms with Crippen molar-refractivity contribution in [3.63, 3.8) is 0 Å². The van der Waals surface area contributed by atoms with Gasteiger partial charge in [0, 0.05) is 15.0 Å². The van der Waals surface area contributed by atoms with Crippen molar-refractivity contribution in [3.8, 4) is 0 Å². The van der Waals surface area contributed by atoms with Crippen molar-refractivity contribution in [2.24, 2.45) is 0 Å². The third-order valence-corrected chi connectivity index (χ3v) is 4.91. The highest BCUT2D eigenvalue weighted by Gasteiger charge is 2.16. The van der Waals surface area contributed by atoms with Gasteiger partial charge in [-0.3, -0.25) is 0 Å². The second-order valence-corrected chi connectivity index (χ2v) is 6.02. The minimum atomic E-state index is 0.863. The Morgan fingerprint density at radius 3 is 2.88 bits per heavy atom. The van der Waals surface area contributed by atoms with Crippen molar-refractivity contribution < 1.29 is 0 Å². The van der Waals surface area contributed by atoms with Gasteiger partial charge in [-0.2, -0.15) is 0 Å². The van der Waals surface area contributed by atoms with Crippen LogP contribution in [0.3, 0.4) is 0 Å². The number of fused-ring (bicyclic) bond motifs is 1.